The highest BCUT2D eigenvalue weighted by molar-refractivity contribution is 7.73. The maximum atomic E-state index is 14.7. The van der Waals surface area contributed by atoms with Crippen molar-refractivity contribution >= 4 is 55.1 Å². The predicted octanol–water partition coefficient (Wildman–Crippen LogP) is 1.87. The van der Waals surface area contributed by atoms with Gasteiger partial charge in [-0.1, -0.05) is 0 Å². The zero-order valence-electron chi connectivity index (χ0n) is 16.6. The molecule has 0 unspecified atom stereocenters. The predicted molar refractivity (Wildman–Crippen MR) is 108 cm³/mol. The molecule has 2 aromatic heterocycles. The van der Waals surface area contributed by atoms with Crippen LogP contribution in [-0.4, -0.2) is 50.5 Å². The Kier molecular flexibility index (Phi) is 5.45. The molecule has 13 heteroatoms. The van der Waals surface area contributed by atoms with Crippen molar-refractivity contribution in [2.45, 2.75) is 43.5 Å². The molecule has 0 atom stereocenters. The second kappa shape index (κ2) is 7.47. The molecule has 0 saturated carbocycles. The molecule has 1 N–H and O–H groups in total. The van der Waals surface area contributed by atoms with Crippen molar-refractivity contribution in [3.8, 4) is 0 Å². The first-order valence-electron chi connectivity index (χ1n) is 8.60. The highest BCUT2D eigenvalue weighted by atomic mass is 32.2. The zero-order chi connectivity index (χ0) is 22.5. The molecule has 0 spiro atoms. The quantitative estimate of drug-likeness (QED) is 0.307. The van der Waals surface area contributed by atoms with E-state index in [1.54, 1.807) is 20.8 Å². The summed E-state index contributed by atoms with van der Waals surface area (Å²) in [7, 11) is -5.23. The number of halogens is 1. The molecule has 0 radical (unpaired) electrons. The molecule has 3 aromatic rings. The van der Waals surface area contributed by atoms with Crippen molar-refractivity contribution in [2.75, 3.05) is 11.9 Å². The van der Waals surface area contributed by atoms with Crippen LogP contribution in [0, 0.1) is 12.7 Å². The smallest absolute Gasteiger partial charge is 0.414 e. The van der Waals surface area contributed by atoms with Gasteiger partial charge in [-0.25, -0.2) is 36.0 Å². The van der Waals surface area contributed by atoms with Crippen molar-refractivity contribution in [3.05, 3.63) is 17.4 Å². The molecule has 0 bridgehead atoms. The van der Waals surface area contributed by atoms with Gasteiger partial charge in [0.1, 0.15) is 17.1 Å². The number of hydrogen-bond donors (Lipinski definition) is 3. The van der Waals surface area contributed by atoms with Gasteiger partial charge in [0, 0.05) is 18.5 Å². The van der Waals surface area contributed by atoms with Crippen LogP contribution in [0.2, 0.25) is 0 Å². The highest BCUT2D eigenvalue weighted by Gasteiger charge is 2.26. The van der Waals surface area contributed by atoms with Crippen LogP contribution >= 0.6 is 0 Å². The summed E-state index contributed by atoms with van der Waals surface area (Å²) in [5.41, 5.74) is -0.597. The van der Waals surface area contributed by atoms with Gasteiger partial charge in [0.2, 0.25) is 15.9 Å². The molecule has 0 aliphatic carbocycles. The maximum absolute atomic E-state index is 14.7. The molecular weight excluding hydrogens is 439 g/mol. The van der Waals surface area contributed by atoms with Crippen LogP contribution < -0.4 is 4.90 Å². The lowest BCUT2D eigenvalue weighted by Gasteiger charge is -2.25. The molecule has 0 fully saturated rings. The monoisotopic (exact) mass is 458 g/mol. The van der Waals surface area contributed by atoms with E-state index in [9.17, 15) is 26.0 Å². The number of rotatable bonds is 3. The number of anilines is 1. The number of fused-ring (bicyclic) bond motifs is 3. The standard InChI is InChI=1S/C17H19FN4O6S2/c1-7-8(18)6-9(22(5)16(23)28-17(2,3)4)12-10(7)11-13(19-12)20-15(30(26)27)21-14(11)29(24)25/h6,29-30H,1-5H3,(H,19,20,21). The van der Waals surface area contributed by atoms with Crippen LogP contribution in [0.4, 0.5) is 14.9 Å². The molecular formula is C17H19FN4O6S2. The zero-order valence-corrected chi connectivity index (χ0v) is 18.4. The number of benzene rings is 1. The lowest BCUT2D eigenvalue weighted by molar-refractivity contribution is 0.0589. The number of ether oxygens (including phenoxy) is 1. The lowest BCUT2D eigenvalue weighted by Crippen LogP contribution is -2.34. The fourth-order valence-electron chi connectivity index (χ4n) is 2.96. The molecule has 30 heavy (non-hydrogen) atoms. The van der Waals surface area contributed by atoms with E-state index in [1.165, 1.54) is 14.0 Å². The van der Waals surface area contributed by atoms with Crippen LogP contribution in [0.1, 0.15) is 26.3 Å². The minimum absolute atomic E-state index is 0.0560. The van der Waals surface area contributed by atoms with Gasteiger partial charge in [-0.3, -0.25) is 4.90 Å². The Labute approximate surface area is 174 Å². The number of aromatic nitrogens is 3. The van der Waals surface area contributed by atoms with Gasteiger partial charge in [-0.05, 0) is 33.3 Å². The molecule has 0 saturated heterocycles. The van der Waals surface area contributed by atoms with Crippen LogP contribution in [-0.2, 0) is 26.1 Å². The van der Waals surface area contributed by atoms with Gasteiger partial charge < -0.3 is 9.72 Å². The van der Waals surface area contributed by atoms with E-state index >= 15 is 0 Å². The number of nitrogens with zero attached hydrogens (tertiary/aromatic N) is 3. The Bertz CT molecular complexity index is 1340. The molecule has 10 nitrogen and oxygen atoms in total. The van der Waals surface area contributed by atoms with Crippen molar-refractivity contribution in [2.24, 2.45) is 0 Å². The van der Waals surface area contributed by atoms with Crippen molar-refractivity contribution in [3.63, 3.8) is 0 Å². The SMILES string of the molecule is Cc1c(F)cc(N(C)C(=O)OC(C)(C)C)c2[nH]c3nc([SH](=O)=O)nc([SH](=O)=O)c3c12. The molecule has 3 rings (SSSR count). The topological polar surface area (TPSA) is 139 Å². The largest absolute Gasteiger partial charge is 0.443 e. The number of carbonyl (C=O) groups is 1. The van der Waals surface area contributed by atoms with E-state index in [0.717, 1.165) is 11.0 Å². The average Bonchev–Trinajstić information content (AvgIpc) is 3.01. The van der Waals surface area contributed by atoms with Crippen LogP contribution in [0.3, 0.4) is 0 Å². The Morgan fingerprint density at radius 1 is 1.13 bits per heavy atom. The number of nitrogens with one attached hydrogen (secondary N) is 1. The summed E-state index contributed by atoms with van der Waals surface area (Å²) in [5, 5.41) is -1.19. The Hall–Kier alpha value is -2.80. The van der Waals surface area contributed by atoms with Gasteiger partial charge in [0.05, 0.1) is 16.6 Å². The van der Waals surface area contributed by atoms with E-state index in [0.29, 0.717) is 0 Å². The summed E-state index contributed by atoms with van der Waals surface area (Å²) in [5.74, 6) is -0.708. The summed E-state index contributed by atoms with van der Waals surface area (Å²) in [6.07, 6.45) is -0.768. The van der Waals surface area contributed by atoms with Crippen molar-refractivity contribution in [1.29, 1.82) is 0 Å². The van der Waals surface area contributed by atoms with Crippen molar-refractivity contribution in [1.82, 2.24) is 15.0 Å². The number of amides is 1. The summed E-state index contributed by atoms with van der Waals surface area (Å²) in [4.78, 5) is 23.8. The summed E-state index contributed by atoms with van der Waals surface area (Å²) >= 11 is 0. The Balaban J connectivity index is 2.41. The fraction of sp³-hybridized carbons (Fsp3) is 0.353. The first kappa shape index (κ1) is 21.9. The lowest BCUT2D eigenvalue weighted by atomic mass is 10.1. The second-order valence-electron chi connectivity index (χ2n) is 7.50. The van der Waals surface area contributed by atoms with E-state index in [2.05, 4.69) is 15.0 Å². The fourth-order valence-corrected chi connectivity index (χ4v) is 3.98. The minimum Gasteiger partial charge on any atom is -0.443 e. The third-order valence-corrected chi connectivity index (χ3v) is 5.44. The molecule has 1 aromatic carbocycles. The van der Waals surface area contributed by atoms with Gasteiger partial charge in [-0.15, -0.1) is 0 Å². The summed E-state index contributed by atoms with van der Waals surface area (Å²) in [6.45, 7) is 6.44. The normalized spacial score (nSPS) is 12.3. The highest BCUT2D eigenvalue weighted by Crippen LogP contribution is 2.37. The van der Waals surface area contributed by atoms with Crippen molar-refractivity contribution < 1.29 is 30.8 Å². The van der Waals surface area contributed by atoms with E-state index < -0.39 is 49.1 Å². The molecule has 0 aliphatic heterocycles. The number of aryl methyl sites for hydroxylation is 1. The summed E-state index contributed by atoms with van der Waals surface area (Å²) < 4.78 is 66.2. The number of aromatic amines is 1. The summed E-state index contributed by atoms with van der Waals surface area (Å²) in [6, 6.07) is 1.09. The molecule has 1 amide bonds. The number of H-pyrrole nitrogens is 1. The molecule has 162 valence electrons. The first-order chi connectivity index (χ1) is 13.8. The Morgan fingerprint density at radius 3 is 2.30 bits per heavy atom. The second-order valence-corrected chi connectivity index (χ2v) is 9.35. The van der Waals surface area contributed by atoms with E-state index in [4.69, 9.17) is 4.74 Å². The number of carbonyl (C=O) groups excluding carboxylic acids is 1. The first-order valence-corrected chi connectivity index (χ1v) is 11.0. The van der Waals surface area contributed by atoms with Gasteiger partial charge in [-0.2, -0.15) is 0 Å². The minimum atomic E-state index is -3.33. The molecule has 2 heterocycles. The molecule has 0 aliphatic rings. The third-order valence-electron chi connectivity index (χ3n) is 4.24. The van der Waals surface area contributed by atoms with E-state index in [-0.39, 0.29) is 33.2 Å². The van der Waals surface area contributed by atoms with Crippen LogP contribution in [0.25, 0.3) is 21.9 Å². The third kappa shape index (κ3) is 3.81. The van der Waals surface area contributed by atoms with E-state index in [1.807, 2.05) is 0 Å². The van der Waals surface area contributed by atoms with Gasteiger partial charge in [0.15, 0.2) is 15.7 Å². The Morgan fingerprint density at radius 2 is 1.77 bits per heavy atom. The van der Waals surface area contributed by atoms with Gasteiger partial charge >= 0.3 is 6.09 Å². The van der Waals surface area contributed by atoms with Crippen LogP contribution in [0.5, 0.6) is 0 Å². The van der Waals surface area contributed by atoms with Gasteiger partial charge in [0.25, 0.3) is 0 Å². The number of thiol groups is 2. The maximum Gasteiger partial charge on any atom is 0.414 e. The number of hydrogen-bond acceptors (Lipinski definition) is 8. The van der Waals surface area contributed by atoms with Crippen LogP contribution in [0.15, 0.2) is 16.2 Å². The average molecular weight is 458 g/mol.